The number of amides is 3. The van der Waals surface area contributed by atoms with Crippen LogP contribution in [0.3, 0.4) is 0 Å². The van der Waals surface area contributed by atoms with Crippen molar-refractivity contribution in [1.29, 1.82) is 0 Å². The van der Waals surface area contributed by atoms with Crippen molar-refractivity contribution in [3.63, 3.8) is 0 Å². The number of aromatic nitrogens is 6. The van der Waals surface area contributed by atoms with Gasteiger partial charge in [0.1, 0.15) is 42.0 Å². The molecule has 6 N–H and O–H groups in total. The molecule has 0 bridgehead atoms. The molecule has 110 heavy (non-hydrogen) atoms. The fourth-order valence-electron chi connectivity index (χ4n) is 13.0. The molecule has 3 amide bonds. The Balaban J connectivity index is 0.000000147. The number of alkyl halides is 3. The van der Waals surface area contributed by atoms with Gasteiger partial charge in [0.25, 0.3) is 40.0 Å². The number of hydroxylamine groups is 2. The number of para-hydroxylation sites is 1. The van der Waals surface area contributed by atoms with Gasteiger partial charge >= 0.3 is 6.18 Å². The van der Waals surface area contributed by atoms with Gasteiger partial charge in [-0.1, -0.05) is 97.2 Å². The monoisotopic (exact) mass is 1500 g/mol. The Kier molecular flexibility index (Phi) is 25.7. The van der Waals surface area contributed by atoms with E-state index in [0.717, 1.165) is 84.1 Å². The topological polar surface area (TPSA) is 320 Å². The number of halogens is 3. The van der Waals surface area contributed by atoms with Crippen molar-refractivity contribution < 1.29 is 66.6 Å². The first-order valence-electron chi connectivity index (χ1n) is 35.5. The third-order valence-corrected chi connectivity index (χ3v) is 19.0. The SMILES string of the molecule is CNC(=O)c1ccc2c(=O)n(Cc3ccc(C(F)(F)F)cc3)c(C3CCCCC3)nc2c1.COC1C=Cc2cc(OCCCn3ccc4ccc(C(=O)NO)cc4c3=O)ccc2C1.Cc1cc(Cn2ccc3ccc(C(=O)NO)cc3c2=O)no1.Cc1ccccc1OCCn1ccc2ccc(C(=O)CO)cc2c1=O. The van der Waals surface area contributed by atoms with Crippen molar-refractivity contribution in [2.24, 2.45) is 0 Å². The number of aryl methyl sites for hydroxylation is 3. The summed E-state index contributed by atoms with van der Waals surface area (Å²) in [4.78, 5) is 103. The number of carbonyl (C=O) groups excluding carboxylic acids is 4. The van der Waals surface area contributed by atoms with Crippen molar-refractivity contribution in [3.8, 4) is 11.5 Å². The number of fused-ring (bicyclic) bond motifs is 5. The van der Waals surface area contributed by atoms with Gasteiger partial charge in [-0.05, 0) is 169 Å². The molecular formula is C83H80F3N9O15. The molecule has 2 aliphatic carbocycles. The van der Waals surface area contributed by atoms with Crippen molar-refractivity contribution >= 4 is 72.8 Å². The maximum absolute atomic E-state index is 13.4. The molecule has 12 aromatic rings. The first kappa shape index (κ1) is 78.6. The minimum absolute atomic E-state index is 0.0963. The van der Waals surface area contributed by atoms with E-state index in [1.165, 1.54) is 47.5 Å². The number of nitrogens with zero attached hydrogens (tertiary/aromatic N) is 6. The Morgan fingerprint density at radius 1 is 0.609 bits per heavy atom. The Labute approximate surface area is 627 Å². The summed E-state index contributed by atoms with van der Waals surface area (Å²) in [5.74, 6) is 1.02. The third-order valence-electron chi connectivity index (χ3n) is 19.0. The Hall–Kier alpha value is -12.4. The first-order chi connectivity index (χ1) is 53.0. The van der Waals surface area contributed by atoms with Crippen LogP contribution in [0.15, 0.2) is 212 Å². The summed E-state index contributed by atoms with van der Waals surface area (Å²) in [6.07, 6.45) is 11.5. The predicted octanol–water partition coefficient (Wildman–Crippen LogP) is 12.1. The van der Waals surface area contributed by atoms with E-state index in [-0.39, 0.29) is 64.4 Å². The highest BCUT2D eigenvalue weighted by molar-refractivity contribution is 6.01. The standard InChI is InChI=1S/C24H24F3N3O2.C24H24N2O5.C20H19NO4.C15H13N3O4/c1-28-22(31)17-9-12-19-20(13-17)29-21(16-5-3-2-4-6-16)30(23(19)32)14-15-7-10-18(11-8-15)24(25,26)27;1-30-20-7-5-18-14-21(8-6-17(18)13-20)31-12-2-10-26-11-9-16-3-4-19(23(27)25-29)15-22(16)24(26)28;1-14-4-2-3-5-19(14)25-11-10-21-9-8-15-6-7-16(18(23)13-22)12-17(15)20(21)24;1-9-6-12(17-22-9)8-18-5-4-10-2-3-11(14(19)16-21)7-13(10)15(18)20/h7-13,16H,2-6,14H2,1H3,(H,28,31);3-9,11,14-15,20,29H,2,10,12-13H2,1H3,(H,25,27);2-9,12,22H,10-11,13H2,1H3;2-7,21H,8H2,1H3,(H,16,19). The summed E-state index contributed by atoms with van der Waals surface area (Å²) in [5.41, 5.74) is 7.86. The van der Waals surface area contributed by atoms with E-state index in [1.54, 1.807) is 124 Å². The minimum atomic E-state index is -4.41. The number of benzene rings is 7. The van der Waals surface area contributed by atoms with Crippen LogP contribution in [0.1, 0.15) is 131 Å². The van der Waals surface area contributed by atoms with Gasteiger partial charge in [0.15, 0.2) is 5.78 Å². The largest absolute Gasteiger partial charge is 0.494 e. The van der Waals surface area contributed by atoms with Crippen LogP contribution in [0.4, 0.5) is 13.2 Å². The number of aliphatic hydroxyl groups is 1. The lowest BCUT2D eigenvalue weighted by Crippen LogP contribution is -2.28. The summed E-state index contributed by atoms with van der Waals surface area (Å²) >= 11 is 0. The van der Waals surface area contributed by atoms with E-state index in [9.17, 15) is 51.5 Å². The number of ether oxygens (including phenoxy) is 3. The molecule has 0 spiro atoms. The molecule has 1 saturated carbocycles. The third kappa shape index (κ3) is 19.1. The van der Waals surface area contributed by atoms with Crippen LogP contribution in [0.25, 0.3) is 49.3 Å². The lowest BCUT2D eigenvalue weighted by molar-refractivity contribution is -0.137. The second-order valence-electron chi connectivity index (χ2n) is 26.4. The summed E-state index contributed by atoms with van der Waals surface area (Å²) in [7, 11) is 3.25. The van der Waals surface area contributed by atoms with E-state index >= 15 is 0 Å². The highest BCUT2D eigenvalue weighted by Gasteiger charge is 2.30. The predicted molar refractivity (Wildman–Crippen MR) is 407 cm³/mol. The maximum Gasteiger partial charge on any atom is 0.416 e. The zero-order valence-corrected chi connectivity index (χ0v) is 60.6. The van der Waals surface area contributed by atoms with Crippen LogP contribution in [-0.4, -0.2) is 108 Å². The minimum Gasteiger partial charge on any atom is -0.494 e. The molecule has 2 aliphatic rings. The van der Waals surface area contributed by atoms with Gasteiger partial charge in [0.05, 0.1) is 48.8 Å². The summed E-state index contributed by atoms with van der Waals surface area (Å²) in [6.45, 7) is 5.33. The lowest BCUT2D eigenvalue weighted by Gasteiger charge is -2.25. The van der Waals surface area contributed by atoms with Crippen molar-refractivity contribution in [2.75, 3.05) is 34.0 Å². The number of hydrogen-bond donors (Lipinski definition) is 6. The van der Waals surface area contributed by atoms with E-state index in [1.807, 2.05) is 61.5 Å². The lowest BCUT2D eigenvalue weighted by atomic mass is 9.88. The number of ketones is 1. The molecule has 0 saturated heterocycles. The van der Waals surface area contributed by atoms with Crippen molar-refractivity contribution in [3.05, 3.63) is 297 Å². The molecule has 1 atom stereocenters. The summed E-state index contributed by atoms with van der Waals surface area (Å²) < 4.78 is 67.0. The van der Waals surface area contributed by atoms with E-state index in [2.05, 4.69) is 22.6 Å². The van der Waals surface area contributed by atoms with Gasteiger partial charge in [-0.15, -0.1) is 0 Å². The van der Waals surface area contributed by atoms with Crippen LogP contribution in [0, 0.1) is 13.8 Å². The number of aliphatic hydroxyl groups excluding tert-OH is 1. The molecule has 5 aromatic heterocycles. The van der Waals surface area contributed by atoms with Crippen LogP contribution in [-0.2, 0) is 43.5 Å². The van der Waals surface area contributed by atoms with Crippen molar-refractivity contribution in [1.82, 2.24) is 44.7 Å². The quantitative estimate of drug-likeness (QED) is 0.0179. The number of hydrogen-bond acceptors (Lipinski definition) is 17. The Morgan fingerprint density at radius 2 is 1.20 bits per heavy atom. The van der Waals surface area contributed by atoms with Gasteiger partial charge in [0.2, 0.25) is 0 Å². The molecule has 7 aromatic carbocycles. The second-order valence-corrected chi connectivity index (χ2v) is 26.4. The maximum atomic E-state index is 13.4. The van der Waals surface area contributed by atoms with Crippen LogP contribution < -0.4 is 48.0 Å². The van der Waals surface area contributed by atoms with Gasteiger partial charge in [0, 0.05) is 96.1 Å². The number of pyridine rings is 3. The van der Waals surface area contributed by atoms with Gasteiger partial charge in [-0.3, -0.25) is 53.3 Å². The van der Waals surface area contributed by atoms with Gasteiger partial charge in [-0.2, -0.15) is 13.2 Å². The van der Waals surface area contributed by atoms with E-state index < -0.39 is 35.9 Å². The molecule has 0 aliphatic heterocycles. The highest BCUT2D eigenvalue weighted by atomic mass is 19.4. The molecule has 0 radical (unpaired) electrons. The number of methoxy groups -OCH3 is 1. The molecule has 1 unspecified atom stereocenters. The molecule has 14 rings (SSSR count). The van der Waals surface area contributed by atoms with Gasteiger partial charge in [-0.25, -0.2) is 15.9 Å². The normalized spacial score (nSPS) is 13.2. The molecule has 5 heterocycles. The van der Waals surface area contributed by atoms with Crippen molar-refractivity contribution in [2.45, 2.75) is 103 Å². The Bertz CT molecular complexity index is 5660. The van der Waals surface area contributed by atoms with Crippen LogP contribution >= 0.6 is 0 Å². The highest BCUT2D eigenvalue weighted by Crippen LogP contribution is 2.34. The van der Waals surface area contributed by atoms with E-state index in [4.69, 9.17) is 39.2 Å². The zero-order chi connectivity index (χ0) is 78.2. The number of Topliss-reactive ketones (excluding diaryl/α,β-unsaturated/α-hetero) is 1. The molecular weight excluding hydrogens is 1420 g/mol. The van der Waals surface area contributed by atoms with Crippen LogP contribution in [0.2, 0.25) is 0 Å². The fraction of sp³-hybridized carbons (Fsp3) is 0.253. The number of carbonyl (C=O) groups is 4. The van der Waals surface area contributed by atoms with Crippen LogP contribution in [0.5, 0.6) is 11.5 Å². The Morgan fingerprint density at radius 3 is 1.79 bits per heavy atom. The first-order valence-corrected chi connectivity index (χ1v) is 35.5. The number of rotatable bonds is 20. The molecule has 27 heteroatoms. The average Bonchev–Trinajstić information content (AvgIpc) is 0.872. The average molecular weight is 1500 g/mol. The summed E-state index contributed by atoms with van der Waals surface area (Å²) in [6, 6.07) is 44.9. The molecule has 1 fully saturated rings. The fourth-order valence-corrected chi connectivity index (χ4v) is 13.0. The molecule has 568 valence electrons. The smallest absolute Gasteiger partial charge is 0.416 e. The molecule has 24 nitrogen and oxygen atoms in total. The van der Waals surface area contributed by atoms with E-state index in [0.29, 0.717) is 99.1 Å². The summed E-state index contributed by atoms with van der Waals surface area (Å²) in [5, 5.41) is 36.8. The number of nitrogens with one attached hydrogen (secondary N) is 3. The second kappa shape index (κ2) is 36.0. The zero-order valence-electron chi connectivity index (χ0n) is 60.6. The van der Waals surface area contributed by atoms with Gasteiger partial charge < -0.3 is 42.9 Å².